The van der Waals surface area contributed by atoms with Crippen LogP contribution in [0.5, 0.6) is 0 Å². The third-order valence-corrected chi connectivity index (χ3v) is 4.06. The Hall–Kier alpha value is -2.09. The first-order valence-corrected chi connectivity index (χ1v) is 6.84. The molecular weight excluding hydrogens is 234 g/mol. The Morgan fingerprint density at radius 2 is 1.79 bits per heavy atom. The van der Waals surface area contributed by atoms with E-state index in [-0.39, 0.29) is 11.8 Å². The molecule has 1 fully saturated rings. The van der Waals surface area contributed by atoms with Crippen molar-refractivity contribution in [1.82, 2.24) is 0 Å². The van der Waals surface area contributed by atoms with Gasteiger partial charge in [0.05, 0.1) is 0 Å². The van der Waals surface area contributed by atoms with Gasteiger partial charge >= 0.3 is 0 Å². The van der Waals surface area contributed by atoms with Crippen molar-refractivity contribution < 1.29 is 4.79 Å². The number of fused-ring (bicyclic) bond motifs is 3. The molecular formula is C17H15NO. The summed E-state index contributed by atoms with van der Waals surface area (Å²) >= 11 is 0. The molecule has 2 heteroatoms. The first-order chi connectivity index (χ1) is 9.33. The van der Waals surface area contributed by atoms with Crippen LogP contribution in [0.3, 0.4) is 0 Å². The molecule has 0 saturated heterocycles. The summed E-state index contributed by atoms with van der Waals surface area (Å²) < 4.78 is 0. The molecule has 0 atom stereocenters. The summed E-state index contributed by atoms with van der Waals surface area (Å²) in [7, 11) is 0. The molecule has 2 nitrogen and oxygen atoms in total. The first kappa shape index (κ1) is 10.8. The lowest BCUT2D eigenvalue weighted by Gasteiger charge is -2.09. The van der Waals surface area contributed by atoms with E-state index >= 15 is 0 Å². The highest BCUT2D eigenvalue weighted by molar-refractivity contribution is 5.96. The van der Waals surface area contributed by atoms with Crippen LogP contribution in [0.25, 0.3) is 11.1 Å². The molecule has 2 aromatic carbocycles. The van der Waals surface area contributed by atoms with Crippen LogP contribution in [0.15, 0.2) is 42.5 Å². The van der Waals surface area contributed by atoms with E-state index in [1.807, 2.05) is 12.1 Å². The summed E-state index contributed by atoms with van der Waals surface area (Å²) in [6.07, 6.45) is 3.01. The number of nitrogens with one attached hydrogen (secondary N) is 1. The number of benzene rings is 2. The number of anilines is 1. The minimum atomic E-state index is 0.185. The summed E-state index contributed by atoms with van der Waals surface area (Å²) in [5.41, 5.74) is 6.18. The van der Waals surface area contributed by atoms with Crippen molar-refractivity contribution in [2.24, 2.45) is 5.92 Å². The molecule has 4 rings (SSSR count). The molecule has 0 spiro atoms. The topological polar surface area (TPSA) is 29.1 Å². The lowest BCUT2D eigenvalue weighted by molar-refractivity contribution is -0.117. The van der Waals surface area contributed by atoms with E-state index in [2.05, 4.69) is 35.6 Å². The Kier molecular flexibility index (Phi) is 2.25. The molecule has 19 heavy (non-hydrogen) atoms. The summed E-state index contributed by atoms with van der Waals surface area (Å²) in [5, 5.41) is 3.10. The van der Waals surface area contributed by atoms with Crippen molar-refractivity contribution in [3.8, 4) is 11.1 Å². The van der Waals surface area contributed by atoms with Crippen molar-refractivity contribution in [2.45, 2.75) is 19.3 Å². The zero-order valence-electron chi connectivity index (χ0n) is 10.6. The van der Waals surface area contributed by atoms with Gasteiger partial charge in [-0.1, -0.05) is 36.4 Å². The van der Waals surface area contributed by atoms with Crippen LogP contribution in [-0.2, 0) is 11.2 Å². The predicted molar refractivity (Wildman–Crippen MR) is 76.0 cm³/mol. The van der Waals surface area contributed by atoms with E-state index < -0.39 is 0 Å². The highest BCUT2D eigenvalue weighted by atomic mass is 16.2. The third-order valence-electron chi connectivity index (χ3n) is 4.06. The Balaban J connectivity index is 1.74. The first-order valence-electron chi connectivity index (χ1n) is 6.84. The highest BCUT2D eigenvalue weighted by Gasteiger charge is 2.30. The number of rotatable bonds is 2. The number of amides is 1. The summed E-state index contributed by atoms with van der Waals surface area (Å²) in [6.45, 7) is 0. The smallest absolute Gasteiger partial charge is 0.227 e. The lowest BCUT2D eigenvalue weighted by Crippen LogP contribution is -2.14. The molecule has 2 aliphatic carbocycles. The number of carbonyl (C=O) groups is 1. The minimum Gasteiger partial charge on any atom is -0.326 e. The maximum atomic E-state index is 11.9. The van der Waals surface area contributed by atoms with Crippen LogP contribution < -0.4 is 5.32 Å². The maximum Gasteiger partial charge on any atom is 0.227 e. The van der Waals surface area contributed by atoms with Crippen LogP contribution in [0.4, 0.5) is 5.69 Å². The molecule has 0 radical (unpaired) electrons. The fourth-order valence-corrected chi connectivity index (χ4v) is 2.85. The molecule has 1 saturated carbocycles. The van der Waals surface area contributed by atoms with E-state index in [0.29, 0.717) is 0 Å². The summed E-state index contributed by atoms with van der Waals surface area (Å²) in [4.78, 5) is 11.9. The molecule has 1 N–H and O–H groups in total. The van der Waals surface area contributed by atoms with Gasteiger partial charge in [0.1, 0.15) is 0 Å². The van der Waals surface area contributed by atoms with Crippen LogP contribution in [0.1, 0.15) is 24.0 Å². The summed E-state index contributed by atoms with van der Waals surface area (Å²) in [5.74, 6) is 0.434. The average molecular weight is 249 g/mol. The molecule has 0 bridgehead atoms. The van der Waals surface area contributed by atoms with Gasteiger partial charge in [0.25, 0.3) is 0 Å². The minimum absolute atomic E-state index is 0.185. The van der Waals surface area contributed by atoms with Gasteiger partial charge in [-0.3, -0.25) is 4.79 Å². The monoisotopic (exact) mass is 249 g/mol. The molecule has 1 amide bonds. The van der Waals surface area contributed by atoms with Crippen molar-refractivity contribution in [2.75, 3.05) is 5.32 Å². The van der Waals surface area contributed by atoms with Gasteiger partial charge in [-0.15, -0.1) is 0 Å². The zero-order chi connectivity index (χ0) is 12.8. The number of carbonyl (C=O) groups excluding carboxylic acids is 1. The molecule has 2 aliphatic rings. The molecule has 0 unspecified atom stereocenters. The van der Waals surface area contributed by atoms with E-state index in [9.17, 15) is 4.79 Å². The van der Waals surface area contributed by atoms with Gasteiger partial charge in [-0.2, -0.15) is 0 Å². The SMILES string of the molecule is O=C(Nc1cccc2c1Cc1ccccc1-2)C1CC1. The molecule has 0 aliphatic heterocycles. The predicted octanol–water partition coefficient (Wildman–Crippen LogP) is 3.61. The van der Waals surface area contributed by atoms with E-state index in [4.69, 9.17) is 0 Å². The van der Waals surface area contributed by atoms with Crippen molar-refractivity contribution in [1.29, 1.82) is 0 Å². The molecule has 2 aromatic rings. The van der Waals surface area contributed by atoms with E-state index in [1.54, 1.807) is 0 Å². The van der Waals surface area contributed by atoms with Crippen LogP contribution in [0.2, 0.25) is 0 Å². The van der Waals surface area contributed by atoms with Gasteiger partial charge in [-0.05, 0) is 41.2 Å². The van der Waals surface area contributed by atoms with Crippen molar-refractivity contribution in [3.05, 3.63) is 53.6 Å². The Morgan fingerprint density at radius 3 is 2.63 bits per heavy atom. The standard InChI is InChI=1S/C17H15NO/c19-17(11-8-9-11)18-16-7-3-6-14-13-5-2-1-4-12(13)10-15(14)16/h1-7,11H,8-10H2,(H,18,19). The second-order valence-electron chi connectivity index (χ2n) is 5.43. The van der Waals surface area contributed by atoms with Gasteiger partial charge in [0.15, 0.2) is 0 Å². The quantitative estimate of drug-likeness (QED) is 0.738. The van der Waals surface area contributed by atoms with Gasteiger partial charge in [-0.25, -0.2) is 0 Å². The summed E-state index contributed by atoms with van der Waals surface area (Å²) in [6, 6.07) is 14.7. The van der Waals surface area contributed by atoms with Gasteiger partial charge in [0.2, 0.25) is 5.91 Å². The van der Waals surface area contributed by atoms with Crippen molar-refractivity contribution >= 4 is 11.6 Å². The molecule has 0 heterocycles. The van der Waals surface area contributed by atoms with Crippen LogP contribution in [-0.4, -0.2) is 5.91 Å². The van der Waals surface area contributed by atoms with Crippen LogP contribution in [0, 0.1) is 5.92 Å². The maximum absolute atomic E-state index is 11.9. The second kappa shape index (κ2) is 3.95. The van der Waals surface area contributed by atoms with E-state index in [1.165, 1.54) is 22.3 Å². The Morgan fingerprint density at radius 1 is 1.00 bits per heavy atom. The fourth-order valence-electron chi connectivity index (χ4n) is 2.85. The fraction of sp³-hybridized carbons (Fsp3) is 0.235. The molecule has 94 valence electrons. The normalized spacial score (nSPS) is 15.8. The van der Waals surface area contributed by atoms with E-state index in [0.717, 1.165) is 24.9 Å². The van der Waals surface area contributed by atoms with Gasteiger partial charge in [0, 0.05) is 18.0 Å². The third kappa shape index (κ3) is 1.75. The average Bonchev–Trinajstić information content (AvgIpc) is 3.21. The molecule has 0 aromatic heterocycles. The number of hydrogen-bond donors (Lipinski definition) is 1. The lowest BCUT2D eigenvalue weighted by atomic mass is 10.0. The van der Waals surface area contributed by atoms with Gasteiger partial charge < -0.3 is 5.32 Å². The zero-order valence-corrected chi connectivity index (χ0v) is 10.6. The number of hydrogen-bond acceptors (Lipinski definition) is 1. The largest absolute Gasteiger partial charge is 0.326 e. The van der Waals surface area contributed by atoms with Crippen LogP contribution >= 0.6 is 0 Å². The van der Waals surface area contributed by atoms with Crippen molar-refractivity contribution in [3.63, 3.8) is 0 Å². The Bertz CT molecular complexity index is 671. The Labute approximate surface area is 112 Å². The highest BCUT2D eigenvalue weighted by Crippen LogP contribution is 2.40. The second-order valence-corrected chi connectivity index (χ2v) is 5.43.